The van der Waals surface area contributed by atoms with Crippen molar-refractivity contribution in [1.82, 2.24) is 9.80 Å². The zero-order valence-corrected chi connectivity index (χ0v) is 17.8. The second-order valence-corrected chi connectivity index (χ2v) is 9.81. The van der Waals surface area contributed by atoms with E-state index in [0.29, 0.717) is 18.6 Å². The minimum absolute atomic E-state index is 0.187. The van der Waals surface area contributed by atoms with Crippen LogP contribution in [0.25, 0.3) is 11.0 Å². The maximum Gasteiger partial charge on any atom is 0.340 e. The van der Waals surface area contributed by atoms with Crippen molar-refractivity contribution >= 4 is 16.7 Å². The number of benzene rings is 1. The molecule has 0 bridgehead atoms. The maximum atomic E-state index is 13.0. The van der Waals surface area contributed by atoms with Gasteiger partial charge in [0.05, 0.1) is 11.7 Å². The third kappa shape index (κ3) is 3.00. The molecule has 3 atom stereocenters. The summed E-state index contributed by atoms with van der Waals surface area (Å²) in [6.45, 7) is 7.72. The summed E-state index contributed by atoms with van der Waals surface area (Å²) in [4.78, 5) is 20.3. The van der Waals surface area contributed by atoms with Crippen LogP contribution < -0.4 is 10.5 Å². The normalized spacial score (nSPS) is 29.3. The highest BCUT2D eigenvalue weighted by molar-refractivity contribution is 5.88. The Hall–Kier alpha value is -1.89. The van der Waals surface area contributed by atoms with Gasteiger partial charge in [0.2, 0.25) is 0 Å². The van der Waals surface area contributed by atoms with Gasteiger partial charge in [-0.15, -0.1) is 0 Å². The van der Waals surface area contributed by atoms with Crippen molar-refractivity contribution in [2.45, 2.75) is 63.8 Å². The molecule has 1 aromatic heterocycles. The van der Waals surface area contributed by atoms with Crippen LogP contribution in [0.2, 0.25) is 0 Å². The molecule has 0 amide bonds. The molecular weight excluding hydrogens is 378 g/mol. The lowest BCUT2D eigenvalue weighted by molar-refractivity contribution is 0.0522. The second-order valence-electron chi connectivity index (χ2n) is 9.81. The number of rotatable bonds is 2. The Morgan fingerprint density at radius 3 is 2.83 bits per heavy atom. The van der Waals surface area contributed by atoms with Gasteiger partial charge in [-0.1, -0.05) is 0 Å². The Balaban J connectivity index is 1.35. The van der Waals surface area contributed by atoms with Gasteiger partial charge in [0, 0.05) is 68.0 Å². The van der Waals surface area contributed by atoms with E-state index in [1.54, 1.807) is 0 Å². The van der Waals surface area contributed by atoms with Crippen LogP contribution in [0.5, 0.6) is 0 Å². The Bertz CT molecular complexity index is 1050. The van der Waals surface area contributed by atoms with Crippen molar-refractivity contribution in [3.63, 3.8) is 0 Å². The number of aliphatic hydroxyl groups excluding tert-OH is 1. The fourth-order valence-electron chi connectivity index (χ4n) is 6.31. The van der Waals surface area contributed by atoms with Gasteiger partial charge in [0.15, 0.2) is 0 Å². The van der Waals surface area contributed by atoms with Crippen molar-refractivity contribution in [1.29, 1.82) is 0 Å². The van der Waals surface area contributed by atoms with Crippen LogP contribution in [-0.4, -0.2) is 65.8 Å². The molecule has 2 aromatic rings. The molecule has 0 aliphatic carbocycles. The van der Waals surface area contributed by atoms with E-state index in [1.807, 2.05) is 0 Å². The van der Waals surface area contributed by atoms with Crippen LogP contribution in [0.1, 0.15) is 42.9 Å². The molecule has 0 saturated carbocycles. The third-order valence-corrected chi connectivity index (χ3v) is 7.73. The molecule has 1 aromatic carbocycles. The van der Waals surface area contributed by atoms with Crippen LogP contribution in [0.3, 0.4) is 0 Å². The fourth-order valence-corrected chi connectivity index (χ4v) is 6.31. The van der Waals surface area contributed by atoms with E-state index in [1.165, 1.54) is 23.2 Å². The standard InChI is InChI=1S/C24H31N3O3/c1-15-11-27-14-20(28)10-19(27)13-26(15)12-18-9-17-8-16-4-2-6-25-7-3-5-21(22(16)25)23(17)30-24(18)29/h8-9,15,19-20,28H,2-7,10-14H2,1H3/t15-,19-,20+/m0/s1. The first-order valence-electron chi connectivity index (χ1n) is 11.6. The van der Waals surface area contributed by atoms with Gasteiger partial charge in [-0.25, -0.2) is 4.79 Å². The van der Waals surface area contributed by atoms with Crippen LogP contribution in [-0.2, 0) is 19.4 Å². The van der Waals surface area contributed by atoms with Gasteiger partial charge in [-0.05, 0) is 56.7 Å². The number of aryl methyl sites for hydroxylation is 2. The maximum absolute atomic E-state index is 13.0. The molecule has 6 rings (SSSR count). The van der Waals surface area contributed by atoms with Gasteiger partial charge in [0.25, 0.3) is 0 Å². The minimum Gasteiger partial charge on any atom is -0.422 e. The highest BCUT2D eigenvalue weighted by Crippen LogP contribution is 2.39. The minimum atomic E-state index is -0.212. The van der Waals surface area contributed by atoms with E-state index in [0.717, 1.165) is 74.9 Å². The topological polar surface area (TPSA) is 60.2 Å². The van der Waals surface area contributed by atoms with Gasteiger partial charge in [0.1, 0.15) is 5.58 Å². The number of nitrogens with zero attached hydrogens (tertiary/aromatic N) is 3. The number of aliphatic hydroxyl groups is 1. The van der Waals surface area contributed by atoms with Gasteiger partial charge >= 0.3 is 5.63 Å². The molecule has 6 nitrogen and oxygen atoms in total. The smallest absolute Gasteiger partial charge is 0.340 e. The summed E-state index contributed by atoms with van der Waals surface area (Å²) >= 11 is 0. The van der Waals surface area contributed by atoms with Gasteiger partial charge in [-0.2, -0.15) is 0 Å². The van der Waals surface area contributed by atoms with E-state index in [2.05, 4.69) is 33.8 Å². The second kappa shape index (κ2) is 7.08. The van der Waals surface area contributed by atoms with Crippen molar-refractivity contribution in [2.75, 3.05) is 37.6 Å². The SMILES string of the molecule is C[C@H]1CN2C[C@H](O)C[C@H]2CN1Cc1cc2cc3c4c(c2oc1=O)CCCN4CCC3. The molecule has 160 valence electrons. The summed E-state index contributed by atoms with van der Waals surface area (Å²) in [5.41, 5.74) is 5.40. The predicted molar refractivity (Wildman–Crippen MR) is 117 cm³/mol. The molecule has 2 saturated heterocycles. The highest BCUT2D eigenvalue weighted by Gasteiger charge is 2.38. The molecule has 1 N–H and O–H groups in total. The molecule has 4 aliphatic rings. The lowest BCUT2D eigenvalue weighted by Crippen LogP contribution is -2.54. The van der Waals surface area contributed by atoms with E-state index < -0.39 is 0 Å². The summed E-state index contributed by atoms with van der Waals surface area (Å²) < 4.78 is 5.98. The van der Waals surface area contributed by atoms with Crippen LogP contribution in [0, 0.1) is 0 Å². The monoisotopic (exact) mass is 409 g/mol. The number of anilines is 1. The van der Waals surface area contributed by atoms with Crippen molar-refractivity contribution in [3.05, 3.63) is 39.2 Å². The lowest BCUT2D eigenvalue weighted by atomic mass is 9.90. The molecular formula is C24H31N3O3. The summed E-state index contributed by atoms with van der Waals surface area (Å²) in [6.07, 6.45) is 5.08. The average molecular weight is 410 g/mol. The number of piperazine rings is 1. The Morgan fingerprint density at radius 2 is 1.97 bits per heavy atom. The third-order valence-electron chi connectivity index (χ3n) is 7.73. The molecule has 2 fully saturated rings. The Kier molecular flexibility index (Phi) is 4.44. The summed E-state index contributed by atoms with van der Waals surface area (Å²) in [5.74, 6) is 0. The first-order chi connectivity index (χ1) is 14.6. The van der Waals surface area contributed by atoms with Crippen molar-refractivity contribution < 1.29 is 9.52 Å². The lowest BCUT2D eigenvalue weighted by Gasteiger charge is -2.42. The zero-order valence-electron chi connectivity index (χ0n) is 17.8. The largest absolute Gasteiger partial charge is 0.422 e. The first-order valence-corrected chi connectivity index (χ1v) is 11.6. The van der Waals surface area contributed by atoms with Gasteiger partial charge < -0.3 is 14.4 Å². The molecule has 0 spiro atoms. The van der Waals surface area contributed by atoms with E-state index in [4.69, 9.17) is 4.42 Å². The molecule has 30 heavy (non-hydrogen) atoms. The molecule has 5 heterocycles. The number of fused-ring (bicyclic) bond motifs is 3. The highest BCUT2D eigenvalue weighted by atomic mass is 16.4. The van der Waals surface area contributed by atoms with Crippen molar-refractivity contribution in [3.8, 4) is 0 Å². The Morgan fingerprint density at radius 1 is 1.13 bits per heavy atom. The average Bonchev–Trinajstić information content (AvgIpc) is 3.08. The molecule has 0 radical (unpaired) electrons. The summed E-state index contributed by atoms with van der Waals surface area (Å²) in [7, 11) is 0. The quantitative estimate of drug-likeness (QED) is 0.767. The summed E-state index contributed by atoms with van der Waals surface area (Å²) in [5, 5.41) is 11.1. The number of hydrogen-bond donors (Lipinski definition) is 1. The predicted octanol–water partition coefficient (Wildman–Crippen LogP) is 2.13. The van der Waals surface area contributed by atoms with E-state index >= 15 is 0 Å². The van der Waals surface area contributed by atoms with Crippen LogP contribution >= 0.6 is 0 Å². The Labute approximate surface area is 177 Å². The van der Waals surface area contributed by atoms with Crippen LogP contribution in [0.15, 0.2) is 21.3 Å². The first kappa shape index (κ1) is 18.8. The zero-order chi connectivity index (χ0) is 20.4. The number of hydrogen-bond acceptors (Lipinski definition) is 6. The molecule has 4 aliphatic heterocycles. The van der Waals surface area contributed by atoms with E-state index in [-0.39, 0.29) is 11.7 Å². The van der Waals surface area contributed by atoms with Crippen LogP contribution in [0.4, 0.5) is 5.69 Å². The molecule has 6 heteroatoms. The summed E-state index contributed by atoms with van der Waals surface area (Å²) in [6, 6.07) is 5.12. The van der Waals surface area contributed by atoms with E-state index in [9.17, 15) is 9.90 Å². The molecule has 0 unspecified atom stereocenters. The van der Waals surface area contributed by atoms with Gasteiger partial charge in [-0.3, -0.25) is 9.80 Å². The fraction of sp³-hybridized carbons (Fsp3) is 0.625. The van der Waals surface area contributed by atoms with Crippen molar-refractivity contribution in [2.24, 2.45) is 0 Å².